The molecule has 1 heterocycles. The second-order valence-corrected chi connectivity index (χ2v) is 12.1. The van der Waals surface area contributed by atoms with Crippen molar-refractivity contribution in [1.82, 2.24) is 4.98 Å². The Labute approximate surface area is 252 Å². The number of carbonyl (C=O) groups excluding carboxylic acids is 3. The van der Waals surface area contributed by atoms with Crippen LogP contribution in [0.1, 0.15) is 62.3 Å². The molecule has 4 rings (SSSR count). The van der Waals surface area contributed by atoms with E-state index in [2.05, 4.69) is 10.3 Å². The molecule has 0 aliphatic rings. The van der Waals surface area contributed by atoms with Gasteiger partial charge in [-0.2, -0.15) is 0 Å². The second-order valence-electron chi connectivity index (χ2n) is 12.1. The van der Waals surface area contributed by atoms with Crippen LogP contribution in [-0.4, -0.2) is 41.2 Å². The van der Waals surface area contributed by atoms with Gasteiger partial charge >= 0.3 is 12.1 Å². The van der Waals surface area contributed by atoms with Crippen LogP contribution in [0.4, 0.5) is 16.2 Å². The zero-order chi connectivity index (χ0) is 31.4. The van der Waals surface area contributed by atoms with Crippen molar-refractivity contribution in [1.29, 1.82) is 0 Å². The third-order valence-electron chi connectivity index (χ3n) is 6.25. The summed E-state index contributed by atoms with van der Waals surface area (Å²) in [4.78, 5) is 44.8. The summed E-state index contributed by atoms with van der Waals surface area (Å²) >= 11 is 0. The first-order chi connectivity index (χ1) is 20.2. The number of amides is 2. The van der Waals surface area contributed by atoms with Gasteiger partial charge < -0.3 is 14.8 Å². The molecule has 0 spiro atoms. The first kappa shape index (κ1) is 31.0. The highest BCUT2D eigenvalue weighted by Crippen LogP contribution is 2.30. The molecule has 0 aliphatic carbocycles. The highest BCUT2D eigenvalue weighted by molar-refractivity contribution is 6.09. The van der Waals surface area contributed by atoms with Crippen LogP contribution in [-0.2, 0) is 9.47 Å². The molecule has 222 valence electrons. The Morgan fingerprint density at radius 1 is 0.698 bits per heavy atom. The fourth-order valence-electron chi connectivity index (χ4n) is 4.20. The standard InChI is InChI=1S/C35H37N3O5/c1-34(2,3)42-32(40)29-18-15-25(24-13-16-28(17-14-24)38(7)33(41)43-35(4,5)6)20-30(29)37-31(39)27-19-26(21-36-22-27)23-11-9-8-10-12-23/h8-22H,1-7H3,(H,37,39). The SMILES string of the molecule is CN(C(=O)OC(C)(C)C)c1ccc(-c2ccc(C(=O)OC(C)(C)C)c(NC(=O)c3cncc(-c4ccccc4)c3)c2)cc1. The Kier molecular flexibility index (Phi) is 8.99. The molecular formula is C35H37N3O5. The maximum atomic E-state index is 13.4. The Balaban J connectivity index is 1.64. The minimum Gasteiger partial charge on any atom is -0.456 e. The minimum atomic E-state index is -0.721. The van der Waals surface area contributed by atoms with Crippen LogP contribution < -0.4 is 10.2 Å². The van der Waals surface area contributed by atoms with Gasteiger partial charge in [0.1, 0.15) is 11.2 Å². The summed E-state index contributed by atoms with van der Waals surface area (Å²) in [7, 11) is 1.65. The lowest BCUT2D eigenvalue weighted by atomic mass is 10.0. The van der Waals surface area contributed by atoms with Crippen LogP contribution in [0.15, 0.2) is 91.3 Å². The van der Waals surface area contributed by atoms with Crippen molar-refractivity contribution in [3.05, 3.63) is 102 Å². The van der Waals surface area contributed by atoms with Crippen LogP contribution in [0, 0.1) is 0 Å². The number of anilines is 2. The number of nitrogens with one attached hydrogen (secondary N) is 1. The number of rotatable bonds is 6. The van der Waals surface area contributed by atoms with Crippen molar-refractivity contribution in [3.8, 4) is 22.3 Å². The van der Waals surface area contributed by atoms with E-state index in [4.69, 9.17) is 9.47 Å². The van der Waals surface area contributed by atoms with Crippen LogP contribution in [0.5, 0.6) is 0 Å². The summed E-state index contributed by atoms with van der Waals surface area (Å²) in [5.74, 6) is -0.971. The third kappa shape index (κ3) is 8.29. The van der Waals surface area contributed by atoms with E-state index >= 15 is 0 Å². The Bertz CT molecular complexity index is 1620. The van der Waals surface area contributed by atoms with Gasteiger partial charge in [0.2, 0.25) is 0 Å². The fraction of sp³-hybridized carbons (Fsp3) is 0.257. The van der Waals surface area contributed by atoms with E-state index in [1.807, 2.05) is 63.2 Å². The van der Waals surface area contributed by atoms with Crippen molar-refractivity contribution >= 4 is 29.3 Å². The largest absolute Gasteiger partial charge is 0.456 e. The molecule has 0 radical (unpaired) electrons. The van der Waals surface area contributed by atoms with E-state index in [-0.39, 0.29) is 5.56 Å². The molecule has 2 amide bonds. The summed E-state index contributed by atoms with van der Waals surface area (Å²) in [6, 6.07) is 23.9. The van der Waals surface area contributed by atoms with Crippen LogP contribution in [0.25, 0.3) is 22.3 Å². The van der Waals surface area contributed by atoms with Crippen LogP contribution in [0.3, 0.4) is 0 Å². The third-order valence-corrected chi connectivity index (χ3v) is 6.25. The molecule has 0 atom stereocenters. The molecule has 1 N–H and O–H groups in total. The topological polar surface area (TPSA) is 97.8 Å². The molecule has 4 aromatic rings. The van der Waals surface area contributed by atoms with Crippen molar-refractivity contribution < 1.29 is 23.9 Å². The van der Waals surface area contributed by atoms with Crippen molar-refractivity contribution in [2.24, 2.45) is 0 Å². The normalized spacial score (nSPS) is 11.4. The lowest BCUT2D eigenvalue weighted by molar-refractivity contribution is 0.00705. The molecule has 0 bridgehead atoms. The average molecular weight is 580 g/mol. The van der Waals surface area contributed by atoms with Crippen molar-refractivity contribution in [2.75, 3.05) is 17.3 Å². The predicted octanol–water partition coefficient (Wildman–Crippen LogP) is 7.99. The predicted molar refractivity (Wildman–Crippen MR) is 169 cm³/mol. The molecule has 0 unspecified atom stereocenters. The number of aromatic nitrogens is 1. The molecule has 43 heavy (non-hydrogen) atoms. The fourth-order valence-corrected chi connectivity index (χ4v) is 4.20. The van der Waals surface area contributed by atoms with E-state index in [1.165, 1.54) is 11.1 Å². The number of hydrogen-bond acceptors (Lipinski definition) is 6. The minimum absolute atomic E-state index is 0.223. The smallest absolute Gasteiger partial charge is 0.414 e. The van der Waals surface area contributed by atoms with Crippen molar-refractivity contribution in [2.45, 2.75) is 52.7 Å². The number of benzene rings is 3. The molecule has 1 aromatic heterocycles. The summed E-state index contributed by atoms with van der Waals surface area (Å²) in [5, 5.41) is 2.90. The summed E-state index contributed by atoms with van der Waals surface area (Å²) in [6.07, 6.45) is 2.72. The molecule has 0 saturated heterocycles. The number of hydrogen-bond donors (Lipinski definition) is 1. The van der Waals surface area contributed by atoms with Gasteiger partial charge in [0.15, 0.2) is 0 Å². The Morgan fingerprint density at radius 2 is 1.30 bits per heavy atom. The Hall–Kier alpha value is -4.98. The average Bonchev–Trinajstić information content (AvgIpc) is 2.95. The van der Waals surface area contributed by atoms with Crippen molar-refractivity contribution in [3.63, 3.8) is 0 Å². The number of nitrogens with zero attached hydrogens (tertiary/aromatic N) is 2. The summed E-state index contributed by atoms with van der Waals surface area (Å²) < 4.78 is 11.1. The number of pyridine rings is 1. The van der Waals surface area contributed by atoms with Gasteiger partial charge in [-0.1, -0.05) is 48.5 Å². The van der Waals surface area contributed by atoms with Crippen LogP contribution in [0.2, 0.25) is 0 Å². The lowest BCUT2D eigenvalue weighted by Crippen LogP contribution is -2.34. The zero-order valence-corrected chi connectivity index (χ0v) is 25.6. The van der Waals surface area contributed by atoms with Gasteiger partial charge in [-0.3, -0.25) is 14.7 Å². The monoisotopic (exact) mass is 579 g/mol. The van der Waals surface area contributed by atoms with E-state index in [1.54, 1.807) is 70.4 Å². The van der Waals surface area contributed by atoms with Gasteiger partial charge in [-0.05, 0) is 88.6 Å². The number of carbonyl (C=O) groups is 3. The van der Waals surface area contributed by atoms with Gasteiger partial charge in [-0.25, -0.2) is 9.59 Å². The van der Waals surface area contributed by atoms with Gasteiger partial charge in [0, 0.05) is 30.7 Å². The van der Waals surface area contributed by atoms with E-state index in [0.29, 0.717) is 16.9 Å². The quantitative estimate of drug-likeness (QED) is 0.233. The summed E-state index contributed by atoms with van der Waals surface area (Å²) in [5.41, 5.74) is 3.50. The second kappa shape index (κ2) is 12.5. The van der Waals surface area contributed by atoms with Gasteiger partial charge in [0.25, 0.3) is 5.91 Å². The molecule has 3 aromatic carbocycles. The van der Waals surface area contributed by atoms with E-state index in [9.17, 15) is 14.4 Å². The summed E-state index contributed by atoms with van der Waals surface area (Å²) in [6.45, 7) is 10.8. The maximum absolute atomic E-state index is 13.4. The molecule has 0 fully saturated rings. The molecule has 0 saturated carbocycles. The molecular weight excluding hydrogens is 542 g/mol. The number of ether oxygens (including phenoxy) is 2. The highest BCUT2D eigenvalue weighted by atomic mass is 16.6. The Morgan fingerprint density at radius 3 is 1.93 bits per heavy atom. The van der Waals surface area contributed by atoms with Crippen LogP contribution >= 0.6 is 0 Å². The molecule has 8 heteroatoms. The highest BCUT2D eigenvalue weighted by Gasteiger charge is 2.23. The molecule has 0 aliphatic heterocycles. The lowest BCUT2D eigenvalue weighted by Gasteiger charge is -2.24. The van der Waals surface area contributed by atoms with Gasteiger partial charge in [-0.15, -0.1) is 0 Å². The maximum Gasteiger partial charge on any atom is 0.414 e. The van der Waals surface area contributed by atoms with E-state index in [0.717, 1.165) is 22.3 Å². The zero-order valence-electron chi connectivity index (χ0n) is 25.6. The number of esters is 1. The van der Waals surface area contributed by atoms with E-state index < -0.39 is 29.2 Å². The first-order valence-corrected chi connectivity index (χ1v) is 14.0. The van der Waals surface area contributed by atoms with Gasteiger partial charge in [0.05, 0.1) is 16.8 Å². The molecule has 8 nitrogen and oxygen atoms in total. The first-order valence-electron chi connectivity index (χ1n) is 14.0.